The lowest BCUT2D eigenvalue weighted by atomic mass is 10.1. The van der Waals surface area contributed by atoms with Crippen molar-refractivity contribution in [2.24, 2.45) is 0 Å². The Morgan fingerprint density at radius 2 is 1.71 bits per heavy atom. The second kappa shape index (κ2) is 7.51. The second-order valence-corrected chi connectivity index (χ2v) is 5.45. The predicted molar refractivity (Wildman–Crippen MR) is 92.5 cm³/mol. The first-order chi connectivity index (χ1) is 11.7. The highest BCUT2D eigenvalue weighted by molar-refractivity contribution is 5.80. The zero-order chi connectivity index (χ0) is 16.8. The number of benzene rings is 2. The van der Waals surface area contributed by atoms with E-state index in [9.17, 15) is 4.79 Å². The van der Waals surface area contributed by atoms with Crippen LogP contribution in [0.2, 0.25) is 0 Å². The first-order valence-corrected chi connectivity index (χ1v) is 7.84. The van der Waals surface area contributed by atoms with Crippen LogP contribution in [-0.4, -0.2) is 12.0 Å². The van der Waals surface area contributed by atoms with Crippen LogP contribution in [0.5, 0.6) is 5.75 Å². The maximum absolute atomic E-state index is 12.1. The first kappa shape index (κ1) is 15.9. The average molecular weight is 321 g/mol. The summed E-state index contributed by atoms with van der Waals surface area (Å²) in [7, 11) is 0. The second-order valence-electron chi connectivity index (χ2n) is 5.45. The van der Waals surface area contributed by atoms with E-state index >= 15 is 0 Å². The number of ether oxygens (including phenoxy) is 1. The van der Waals surface area contributed by atoms with Gasteiger partial charge in [0.25, 0.3) is 5.91 Å². The molecule has 1 aromatic heterocycles. The summed E-state index contributed by atoms with van der Waals surface area (Å²) >= 11 is 0. The van der Waals surface area contributed by atoms with E-state index in [1.807, 2.05) is 48.5 Å². The van der Waals surface area contributed by atoms with Crippen LogP contribution in [0, 0.1) is 0 Å². The van der Waals surface area contributed by atoms with Gasteiger partial charge in [0.15, 0.2) is 6.10 Å². The molecule has 1 atom stereocenters. The zero-order valence-corrected chi connectivity index (χ0v) is 13.4. The Morgan fingerprint density at radius 3 is 2.38 bits per heavy atom. The van der Waals surface area contributed by atoms with E-state index in [0.29, 0.717) is 18.1 Å². The van der Waals surface area contributed by atoms with Crippen molar-refractivity contribution in [1.29, 1.82) is 0 Å². The molecule has 4 heteroatoms. The molecule has 122 valence electrons. The molecule has 4 nitrogen and oxygen atoms in total. The minimum Gasteiger partial charge on any atom is -0.481 e. The van der Waals surface area contributed by atoms with Gasteiger partial charge in [-0.25, -0.2) is 0 Å². The van der Waals surface area contributed by atoms with Crippen molar-refractivity contribution in [3.63, 3.8) is 0 Å². The van der Waals surface area contributed by atoms with Gasteiger partial charge in [-0.05, 0) is 42.3 Å². The summed E-state index contributed by atoms with van der Waals surface area (Å²) in [6.07, 6.45) is 0.998. The minimum atomic E-state index is -0.581. The van der Waals surface area contributed by atoms with Crippen molar-refractivity contribution in [3.8, 4) is 16.9 Å². The lowest BCUT2D eigenvalue weighted by molar-refractivity contribution is -0.127. The summed E-state index contributed by atoms with van der Waals surface area (Å²) in [5, 5.41) is 2.78. The van der Waals surface area contributed by atoms with Gasteiger partial charge in [-0.15, -0.1) is 0 Å². The van der Waals surface area contributed by atoms with Crippen LogP contribution in [0.3, 0.4) is 0 Å². The molecule has 0 fully saturated rings. The van der Waals surface area contributed by atoms with Crippen LogP contribution in [-0.2, 0) is 11.3 Å². The van der Waals surface area contributed by atoms with Gasteiger partial charge in [0, 0.05) is 0 Å². The van der Waals surface area contributed by atoms with Crippen LogP contribution in [0.15, 0.2) is 77.4 Å². The Kier molecular flexibility index (Phi) is 4.96. The lowest BCUT2D eigenvalue weighted by Crippen LogP contribution is -2.35. The molecular formula is C20H19NO3. The fourth-order valence-corrected chi connectivity index (χ4v) is 2.35. The van der Waals surface area contributed by atoms with Gasteiger partial charge in [-0.1, -0.05) is 42.5 Å². The van der Waals surface area contributed by atoms with Crippen molar-refractivity contribution in [3.05, 3.63) is 78.8 Å². The molecule has 0 spiro atoms. The summed E-state index contributed by atoms with van der Waals surface area (Å²) in [4.78, 5) is 12.1. The fourth-order valence-electron chi connectivity index (χ4n) is 2.35. The van der Waals surface area contributed by atoms with E-state index in [-0.39, 0.29) is 5.91 Å². The zero-order valence-electron chi connectivity index (χ0n) is 13.4. The monoisotopic (exact) mass is 321 g/mol. The van der Waals surface area contributed by atoms with Crippen molar-refractivity contribution in [2.45, 2.75) is 19.6 Å². The molecule has 24 heavy (non-hydrogen) atoms. The standard InChI is InChI=1S/C20H19NO3/c1-15(20(22)21-14-19-8-5-13-23-19)24-18-11-9-17(10-12-18)16-6-3-2-4-7-16/h2-13,15H,14H2,1H3,(H,21,22). The van der Waals surface area contributed by atoms with Gasteiger partial charge in [0.05, 0.1) is 12.8 Å². The van der Waals surface area contributed by atoms with Crippen LogP contribution in [0.1, 0.15) is 12.7 Å². The van der Waals surface area contributed by atoms with Gasteiger partial charge in [0.1, 0.15) is 11.5 Å². The van der Waals surface area contributed by atoms with Crippen LogP contribution in [0.4, 0.5) is 0 Å². The molecule has 0 bridgehead atoms. The van der Waals surface area contributed by atoms with Crippen LogP contribution < -0.4 is 10.1 Å². The van der Waals surface area contributed by atoms with Gasteiger partial charge < -0.3 is 14.5 Å². The minimum absolute atomic E-state index is 0.182. The van der Waals surface area contributed by atoms with Crippen LogP contribution >= 0.6 is 0 Å². The third kappa shape index (κ3) is 4.04. The quantitative estimate of drug-likeness (QED) is 0.746. The van der Waals surface area contributed by atoms with E-state index in [1.165, 1.54) is 0 Å². The summed E-state index contributed by atoms with van der Waals surface area (Å²) in [5.74, 6) is 1.19. The third-order valence-electron chi connectivity index (χ3n) is 3.66. The Labute approximate surface area is 141 Å². The Hall–Kier alpha value is -3.01. The molecule has 0 saturated carbocycles. The molecule has 0 aliphatic rings. The van der Waals surface area contributed by atoms with Crippen molar-refractivity contribution >= 4 is 5.91 Å². The van der Waals surface area contributed by atoms with Crippen molar-refractivity contribution in [2.75, 3.05) is 0 Å². The average Bonchev–Trinajstić information content (AvgIpc) is 3.14. The first-order valence-electron chi connectivity index (χ1n) is 7.84. The topological polar surface area (TPSA) is 51.5 Å². The molecule has 1 N–H and O–H groups in total. The highest BCUT2D eigenvalue weighted by atomic mass is 16.5. The maximum Gasteiger partial charge on any atom is 0.261 e. The van der Waals surface area contributed by atoms with Gasteiger partial charge in [-0.2, -0.15) is 0 Å². The molecular weight excluding hydrogens is 302 g/mol. The van der Waals surface area contributed by atoms with Crippen molar-refractivity contribution < 1.29 is 13.9 Å². The normalized spacial score (nSPS) is 11.7. The van der Waals surface area contributed by atoms with Gasteiger partial charge in [-0.3, -0.25) is 4.79 Å². The van der Waals surface area contributed by atoms with E-state index < -0.39 is 6.10 Å². The molecule has 0 aliphatic carbocycles. The van der Waals surface area contributed by atoms with Crippen molar-refractivity contribution in [1.82, 2.24) is 5.32 Å². The molecule has 0 radical (unpaired) electrons. The number of hydrogen-bond acceptors (Lipinski definition) is 3. The van der Waals surface area contributed by atoms with E-state index in [2.05, 4.69) is 17.4 Å². The maximum atomic E-state index is 12.1. The Bertz CT molecular complexity index is 764. The third-order valence-corrected chi connectivity index (χ3v) is 3.66. The predicted octanol–water partition coefficient (Wildman–Crippen LogP) is 4.03. The van der Waals surface area contributed by atoms with Gasteiger partial charge >= 0.3 is 0 Å². The number of rotatable bonds is 6. The number of amides is 1. The SMILES string of the molecule is CC(Oc1ccc(-c2ccccc2)cc1)C(=O)NCc1ccco1. The smallest absolute Gasteiger partial charge is 0.261 e. The number of carbonyl (C=O) groups excluding carboxylic acids is 1. The highest BCUT2D eigenvalue weighted by Crippen LogP contribution is 2.22. The summed E-state index contributed by atoms with van der Waals surface area (Å²) in [5.41, 5.74) is 2.26. The molecule has 3 aromatic rings. The van der Waals surface area contributed by atoms with E-state index in [4.69, 9.17) is 9.15 Å². The lowest BCUT2D eigenvalue weighted by Gasteiger charge is -2.14. The molecule has 1 amide bonds. The Morgan fingerprint density at radius 1 is 1.00 bits per heavy atom. The highest BCUT2D eigenvalue weighted by Gasteiger charge is 2.14. The van der Waals surface area contributed by atoms with E-state index in [0.717, 1.165) is 11.1 Å². The molecule has 2 aromatic carbocycles. The number of nitrogens with one attached hydrogen (secondary N) is 1. The molecule has 3 rings (SSSR count). The number of furan rings is 1. The largest absolute Gasteiger partial charge is 0.481 e. The summed E-state index contributed by atoms with van der Waals surface area (Å²) in [6, 6.07) is 21.4. The fraction of sp³-hybridized carbons (Fsp3) is 0.150. The molecule has 1 heterocycles. The molecule has 0 aliphatic heterocycles. The van der Waals surface area contributed by atoms with E-state index in [1.54, 1.807) is 19.3 Å². The van der Waals surface area contributed by atoms with Gasteiger partial charge in [0.2, 0.25) is 0 Å². The van der Waals surface area contributed by atoms with Crippen LogP contribution in [0.25, 0.3) is 11.1 Å². The number of carbonyl (C=O) groups is 1. The summed E-state index contributed by atoms with van der Waals surface area (Å²) in [6.45, 7) is 2.08. The molecule has 1 unspecified atom stereocenters. The molecule has 0 saturated heterocycles. The number of hydrogen-bond donors (Lipinski definition) is 1. The summed E-state index contributed by atoms with van der Waals surface area (Å²) < 4.78 is 10.9. The Balaban J connectivity index is 1.56.